The van der Waals surface area contributed by atoms with E-state index < -0.39 is 89.1 Å². The smallest absolute Gasteiger partial charge is 0.338 e. The molecule has 0 aromatic heterocycles. The first-order chi connectivity index (χ1) is 15.0. The van der Waals surface area contributed by atoms with Gasteiger partial charge in [0.1, 0.15) is 18.8 Å². The quantitative estimate of drug-likeness (QED) is 0.172. The Kier molecular flexibility index (Phi) is 7.54. The monoisotopic (exact) mass is 456 g/mol. The lowest BCUT2D eigenvalue weighted by Gasteiger charge is -2.25. The Morgan fingerprint density at radius 3 is 1.56 bits per heavy atom. The number of phenolic OH excluding ortho intramolecular Hbond substituents is 6. The van der Waals surface area contributed by atoms with Gasteiger partial charge in [-0.25, -0.2) is 9.59 Å². The van der Waals surface area contributed by atoms with E-state index in [4.69, 9.17) is 14.6 Å². The largest absolute Gasteiger partial charge is 0.504 e. The summed E-state index contributed by atoms with van der Waals surface area (Å²) in [6.45, 7) is -1.84. The summed E-state index contributed by atoms with van der Waals surface area (Å²) in [5, 5.41) is 85.3. The van der Waals surface area contributed by atoms with Crippen molar-refractivity contribution in [2.45, 2.75) is 18.3 Å². The highest BCUT2D eigenvalue weighted by Crippen LogP contribution is 2.36. The van der Waals surface area contributed by atoms with Crippen molar-refractivity contribution in [2.24, 2.45) is 0 Å². The van der Waals surface area contributed by atoms with E-state index in [0.29, 0.717) is 0 Å². The van der Waals surface area contributed by atoms with Gasteiger partial charge in [-0.3, -0.25) is 0 Å². The Labute approximate surface area is 179 Å². The van der Waals surface area contributed by atoms with Crippen LogP contribution in [0.1, 0.15) is 20.7 Å². The van der Waals surface area contributed by atoms with Crippen molar-refractivity contribution in [3.63, 3.8) is 0 Å². The third-order valence-electron chi connectivity index (χ3n) is 4.21. The molecule has 0 radical (unpaired) electrons. The van der Waals surface area contributed by atoms with E-state index in [9.17, 15) is 50.4 Å². The molecule has 2 aromatic carbocycles. The number of phenols is 6. The van der Waals surface area contributed by atoms with Gasteiger partial charge in [-0.2, -0.15) is 0 Å². The number of rotatable bonds is 8. The number of aliphatic hydroxyl groups excluding tert-OH is 3. The molecule has 0 bridgehead atoms. The van der Waals surface area contributed by atoms with Crippen LogP contribution in [0.15, 0.2) is 24.3 Å². The normalized spacial score (nSPS) is 13.7. The molecule has 0 heterocycles. The fourth-order valence-corrected chi connectivity index (χ4v) is 2.45. The van der Waals surface area contributed by atoms with Crippen LogP contribution in [0.3, 0.4) is 0 Å². The molecule has 3 atom stereocenters. The number of hydrogen-bond donors (Lipinski definition) is 9. The Bertz CT molecular complexity index is 957. The molecule has 0 aliphatic rings. The number of aliphatic hydroxyl groups is 3. The zero-order valence-corrected chi connectivity index (χ0v) is 16.1. The molecule has 0 aliphatic heterocycles. The van der Waals surface area contributed by atoms with Crippen LogP contribution in [0.4, 0.5) is 0 Å². The summed E-state index contributed by atoms with van der Waals surface area (Å²) in [7, 11) is 0. The molecular weight excluding hydrogens is 436 g/mol. The Morgan fingerprint density at radius 2 is 1.16 bits per heavy atom. The minimum atomic E-state index is -1.96. The fourth-order valence-electron chi connectivity index (χ4n) is 2.45. The van der Waals surface area contributed by atoms with Crippen molar-refractivity contribution < 1.29 is 65.0 Å². The van der Waals surface area contributed by atoms with E-state index in [1.54, 1.807) is 0 Å². The average molecular weight is 456 g/mol. The van der Waals surface area contributed by atoms with Crippen molar-refractivity contribution in [2.75, 3.05) is 13.2 Å². The second-order valence-electron chi connectivity index (χ2n) is 6.51. The zero-order valence-electron chi connectivity index (χ0n) is 16.1. The van der Waals surface area contributed by atoms with Gasteiger partial charge in [0.2, 0.25) is 0 Å². The lowest BCUT2D eigenvalue weighted by molar-refractivity contribution is -0.0993. The summed E-state index contributed by atoms with van der Waals surface area (Å²) in [6, 6.07) is 2.99. The van der Waals surface area contributed by atoms with E-state index >= 15 is 0 Å². The number of carbonyl (C=O) groups excluding carboxylic acids is 2. The van der Waals surface area contributed by atoms with Crippen LogP contribution in [-0.2, 0) is 9.47 Å². The molecule has 2 aromatic rings. The maximum atomic E-state index is 12.3. The number of aromatic hydroxyl groups is 6. The second-order valence-corrected chi connectivity index (χ2v) is 6.51. The third kappa shape index (κ3) is 5.40. The van der Waals surface area contributed by atoms with Crippen molar-refractivity contribution in [3.8, 4) is 34.5 Å². The van der Waals surface area contributed by atoms with Gasteiger partial charge in [0, 0.05) is 0 Å². The number of benzene rings is 2. The van der Waals surface area contributed by atoms with Crippen molar-refractivity contribution in [1.29, 1.82) is 0 Å². The number of ether oxygens (including phenoxy) is 2. The average Bonchev–Trinajstić information content (AvgIpc) is 2.76. The van der Waals surface area contributed by atoms with Crippen LogP contribution >= 0.6 is 0 Å². The summed E-state index contributed by atoms with van der Waals surface area (Å²) in [6.07, 6.45) is -5.56. The lowest BCUT2D eigenvalue weighted by Crippen LogP contribution is -2.44. The summed E-state index contributed by atoms with van der Waals surface area (Å²) in [5.41, 5.74) is -0.901. The molecule has 0 amide bonds. The summed E-state index contributed by atoms with van der Waals surface area (Å²) >= 11 is 0. The Hall–Kier alpha value is -3.94. The van der Waals surface area contributed by atoms with Crippen molar-refractivity contribution in [1.82, 2.24) is 0 Å². The molecule has 9 N–H and O–H groups in total. The molecule has 0 saturated heterocycles. The summed E-state index contributed by atoms with van der Waals surface area (Å²) in [5.74, 6) is -7.63. The molecule has 0 fully saturated rings. The van der Waals surface area contributed by atoms with Gasteiger partial charge in [0.15, 0.2) is 40.6 Å². The maximum absolute atomic E-state index is 12.3. The van der Waals surface area contributed by atoms with Gasteiger partial charge in [-0.05, 0) is 24.3 Å². The molecule has 174 valence electrons. The van der Waals surface area contributed by atoms with E-state index in [1.165, 1.54) is 0 Å². The Morgan fingerprint density at radius 1 is 0.750 bits per heavy atom. The first kappa shape index (κ1) is 24.3. The predicted molar refractivity (Wildman–Crippen MR) is 101 cm³/mol. The first-order valence-electron chi connectivity index (χ1n) is 8.81. The molecular formula is C19H20O13. The second kappa shape index (κ2) is 9.91. The SMILES string of the molecule is O=C(OC[C@H](OC(=O)c1cc(O)c(O)c(O)c1)[C@@H](O)[C@H](O)CO)c1cc(O)c(O)c(O)c1. The minimum absolute atomic E-state index is 0.423. The van der Waals surface area contributed by atoms with Crippen LogP contribution in [0, 0.1) is 0 Å². The maximum Gasteiger partial charge on any atom is 0.338 e. The molecule has 0 saturated carbocycles. The number of esters is 2. The highest BCUT2D eigenvalue weighted by Gasteiger charge is 2.32. The van der Waals surface area contributed by atoms with Gasteiger partial charge < -0.3 is 55.4 Å². The summed E-state index contributed by atoms with van der Waals surface area (Å²) < 4.78 is 9.79. The van der Waals surface area contributed by atoms with Gasteiger partial charge in [-0.1, -0.05) is 0 Å². The van der Waals surface area contributed by atoms with Crippen molar-refractivity contribution >= 4 is 11.9 Å². The molecule has 0 unspecified atom stereocenters. The van der Waals surface area contributed by atoms with Crippen molar-refractivity contribution in [3.05, 3.63) is 35.4 Å². The van der Waals surface area contributed by atoms with E-state index in [1.807, 2.05) is 0 Å². The molecule has 32 heavy (non-hydrogen) atoms. The lowest BCUT2D eigenvalue weighted by atomic mass is 10.1. The van der Waals surface area contributed by atoms with Crippen LogP contribution in [0.25, 0.3) is 0 Å². The van der Waals surface area contributed by atoms with E-state index in [2.05, 4.69) is 0 Å². The van der Waals surface area contributed by atoms with Crippen LogP contribution in [0.5, 0.6) is 34.5 Å². The van der Waals surface area contributed by atoms with Gasteiger partial charge in [-0.15, -0.1) is 0 Å². The highest BCUT2D eigenvalue weighted by molar-refractivity contribution is 5.92. The van der Waals surface area contributed by atoms with E-state index in [0.717, 1.165) is 24.3 Å². The van der Waals surface area contributed by atoms with Gasteiger partial charge in [0.05, 0.1) is 17.7 Å². The van der Waals surface area contributed by atoms with Gasteiger partial charge in [0.25, 0.3) is 0 Å². The van der Waals surface area contributed by atoms with Gasteiger partial charge >= 0.3 is 11.9 Å². The molecule has 13 heteroatoms. The number of carbonyl (C=O) groups is 2. The molecule has 0 aliphatic carbocycles. The fraction of sp³-hybridized carbons (Fsp3) is 0.263. The zero-order chi connectivity index (χ0) is 24.2. The minimum Gasteiger partial charge on any atom is -0.504 e. The first-order valence-corrected chi connectivity index (χ1v) is 8.81. The summed E-state index contributed by atoms with van der Waals surface area (Å²) in [4.78, 5) is 24.5. The van der Waals surface area contributed by atoms with Crippen LogP contribution < -0.4 is 0 Å². The topological polar surface area (TPSA) is 235 Å². The van der Waals surface area contributed by atoms with Crippen LogP contribution in [0.2, 0.25) is 0 Å². The highest BCUT2D eigenvalue weighted by atomic mass is 16.6. The van der Waals surface area contributed by atoms with Crippen LogP contribution in [-0.4, -0.2) is 89.4 Å². The molecule has 13 nitrogen and oxygen atoms in total. The Balaban J connectivity index is 2.20. The van der Waals surface area contributed by atoms with E-state index in [-0.39, 0.29) is 0 Å². The standard InChI is InChI=1S/C19H20O13/c20-5-13(25)17(28)14(32-19(30)8-3-11(23)16(27)12(24)4-8)6-31-18(29)7-1-9(21)15(26)10(22)2-7/h1-4,13-14,17,20-28H,5-6H2/t13-,14+,17+/m1/s1. The molecule has 0 spiro atoms. The predicted octanol–water partition coefficient (Wildman–Crippen LogP) is -0.983. The third-order valence-corrected chi connectivity index (χ3v) is 4.21. The molecule has 2 rings (SSSR count). The number of hydrogen-bond acceptors (Lipinski definition) is 13.